The average Bonchev–Trinajstić information content (AvgIpc) is 3.08. The van der Waals surface area contributed by atoms with E-state index >= 15 is 0 Å². The number of hydrogen-bond acceptors (Lipinski definition) is 3. The molecular weight excluding hydrogens is 383 g/mol. The van der Waals surface area contributed by atoms with Crippen LogP contribution in [0.25, 0.3) is 6.08 Å². The summed E-state index contributed by atoms with van der Waals surface area (Å²) in [5.74, 6) is -0.244. The van der Waals surface area contributed by atoms with Crippen LogP contribution in [0.4, 0.5) is 0 Å². The molecule has 1 aromatic heterocycles. The number of carbonyl (C=O) groups is 1. The molecule has 0 fully saturated rings. The fraction of sp³-hybridized carbons (Fsp3) is 0.150. The van der Waals surface area contributed by atoms with E-state index in [-0.39, 0.29) is 11.9 Å². The molecule has 0 spiro atoms. The molecule has 0 bridgehead atoms. The summed E-state index contributed by atoms with van der Waals surface area (Å²) in [6.45, 7) is 2.48. The Hall–Kier alpha value is -2.63. The molecule has 1 unspecified atom stereocenters. The molecule has 1 heterocycles. The SMILES string of the molecule is CC(NC(=O)/C=C/c1cn(Cc2ccccc2)nn1)c1ccc(Cl)cc1Cl. The Bertz CT molecular complexity index is 954. The van der Waals surface area contributed by atoms with Gasteiger partial charge in [-0.2, -0.15) is 0 Å². The first-order valence-electron chi connectivity index (χ1n) is 8.39. The summed E-state index contributed by atoms with van der Waals surface area (Å²) in [5.41, 5.74) is 2.54. The highest BCUT2D eigenvalue weighted by molar-refractivity contribution is 6.35. The maximum Gasteiger partial charge on any atom is 0.244 e. The summed E-state index contributed by atoms with van der Waals surface area (Å²) < 4.78 is 1.73. The van der Waals surface area contributed by atoms with Gasteiger partial charge in [-0.15, -0.1) is 5.10 Å². The third-order valence-electron chi connectivity index (χ3n) is 3.94. The Morgan fingerprint density at radius 3 is 2.74 bits per heavy atom. The maximum absolute atomic E-state index is 12.2. The van der Waals surface area contributed by atoms with Gasteiger partial charge in [0.1, 0.15) is 5.69 Å². The van der Waals surface area contributed by atoms with E-state index in [1.165, 1.54) is 6.08 Å². The van der Waals surface area contributed by atoms with Gasteiger partial charge in [0, 0.05) is 16.1 Å². The minimum atomic E-state index is -0.249. The fourth-order valence-corrected chi connectivity index (χ4v) is 3.16. The van der Waals surface area contributed by atoms with Crippen molar-refractivity contribution in [3.63, 3.8) is 0 Å². The molecule has 1 atom stereocenters. The van der Waals surface area contributed by atoms with Crippen LogP contribution in [-0.2, 0) is 11.3 Å². The molecule has 0 saturated carbocycles. The fourth-order valence-electron chi connectivity index (χ4n) is 2.59. The first-order chi connectivity index (χ1) is 13.0. The van der Waals surface area contributed by atoms with Crippen molar-refractivity contribution in [2.45, 2.75) is 19.5 Å². The Kier molecular flexibility index (Phi) is 6.27. The first kappa shape index (κ1) is 19.1. The predicted molar refractivity (Wildman–Crippen MR) is 108 cm³/mol. The standard InChI is InChI=1S/C20H18Cl2N4O/c1-14(18-9-7-16(21)11-19(18)22)23-20(27)10-8-17-13-26(25-24-17)12-15-5-3-2-4-6-15/h2-11,13-14H,12H2,1H3,(H,23,27)/b10-8+. The van der Waals surface area contributed by atoms with Crippen molar-refractivity contribution >= 4 is 35.2 Å². The van der Waals surface area contributed by atoms with Crippen LogP contribution in [0.3, 0.4) is 0 Å². The number of rotatable bonds is 6. The molecule has 3 aromatic rings. The summed E-state index contributed by atoms with van der Waals surface area (Å²) in [5, 5.41) is 12.1. The highest BCUT2D eigenvalue weighted by atomic mass is 35.5. The Morgan fingerprint density at radius 1 is 1.22 bits per heavy atom. The van der Waals surface area contributed by atoms with Crippen molar-refractivity contribution in [3.05, 3.63) is 87.7 Å². The van der Waals surface area contributed by atoms with Crippen LogP contribution >= 0.6 is 23.2 Å². The molecule has 0 saturated heterocycles. The summed E-state index contributed by atoms with van der Waals surface area (Å²) in [4.78, 5) is 12.2. The number of aromatic nitrogens is 3. The monoisotopic (exact) mass is 400 g/mol. The van der Waals surface area contributed by atoms with Crippen LogP contribution in [0.1, 0.15) is 29.8 Å². The number of halogens is 2. The normalized spacial score (nSPS) is 12.3. The van der Waals surface area contributed by atoms with Crippen LogP contribution in [0, 0.1) is 0 Å². The lowest BCUT2D eigenvalue weighted by molar-refractivity contribution is -0.117. The van der Waals surface area contributed by atoms with Crippen LogP contribution < -0.4 is 5.32 Å². The number of benzene rings is 2. The molecular formula is C20H18Cl2N4O. The second-order valence-electron chi connectivity index (χ2n) is 6.06. The molecule has 5 nitrogen and oxygen atoms in total. The average molecular weight is 401 g/mol. The molecule has 0 aliphatic carbocycles. The number of nitrogens with zero attached hydrogens (tertiary/aromatic N) is 3. The summed E-state index contributed by atoms with van der Waals surface area (Å²) >= 11 is 12.1. The number of carbonyl (C=O) groups excluding carboxylic acids is 1. The predicted octanol–water partition coefficient (Wildman–Crippen LogP) is 4.52. The first-order valence-corrected chi connectivity index (χ1v) is 9.14. The summed E-state index contributed by atoms with van der Waals surface area (Å²) in [7, 11) is 0. The topological polar surface area (TPSA) is 59.8 Å². The van der Waals surface area contributed by atoms with Gasteiger partial charge in [0.05, 0.1) is 18.8 Å². The van der Waals surface area contributed by atoms with Gasteiger partial charge in [-0.3, -0.25) is 4.79 Å². The van der Waals surface area contributed by atoms with Gasteiger partial charge in [-0.05, 0) is 36.3 Å². The van der Waals surface area contributed by atoms with Gasteiger partial charge in [-0.25, -0.2) is 4.68 Å². The Balaban J connectivity index is 1.58. The van der Waals surface area contributed by atoms with Gasteiger partial charge in [0.2, 0.25) is 5.91 Å². The lowest BCUT2D eigenvalue weighted by Crippen LogP contribution is -2.24. The number of nitrogens with one attached hydrogen (secondary N) is 1. The number of hydrogen-bond donors (Lipinski definition) is 1. The molecule has 27 heavy (non-hydrogen) atoms. The van der Waals surface area contributed by atoms with E-state index in [1.54, 1.807) is 35.2 Å². The highest BCUT2D eigenvalue weighted by Crippen LogP contribution is 2.26. The Labute approximate surface area is 167 Å². The maximum atomic E-state index is 12.2. The van der Waals surface area contributed by atoms with E-state index < -0.39 is 0 Å². The zero-order valence-corrected chi connectivity index (χ0v) is 16.2. The number of amides is 1. The van der Waals surface area contributed by atoms with Crippen molar-refractivity contribution in [2.24, 2.45) is 0 Å². The van der Waals surface area contributed by atoms with Gasteiger partial charge in [0.25, 0.3) is 0 Å². The second kappa shape index (κ2) is 8.84. The third-order valence-corrected chi connectivity index (χ3v) is 4.50. The molecule has 0 radical (unpaired) electrons. The van der Waals surface area contributed by atoms with E-state index in [9.17, 15) is 4.79 Å². The van der Waals surface area contributed by atoms with Crippen LogP contribution in [-0.4, -0.2) is 20.9 Å². The van der Waals surface area contributed by atoms with Gasteiger partial charge >= 0.3 is 0 Å². The van der Waals surface area contributed by atoms with Crippen molar-refractivity contribution < 1.29 is 4.79 Å². The van der Waals surface area contributed by atoms with Crippen molar-refractivity contribution in [2.75, 3.05) is 0 Å². The van der Waals surface area contributed by atoms with Crippen molar-refractivity contribution in [1.29, 1.82) is 0 Å². The minimum Gasteiger partial charge on any atom is -0.346 e. The quantitative estimate of drug-likeness (QED) is 0.618. The zero-order valence-electron chi connectivity index (χ0n) is 14.6. The smallest absolute Gasteiger partial charge is 0.244 e. The molecule has 1 amide bonds. The van der Waals surface area contributed by atoms with E-state index in [2.05, 4.69) is 15.6 Å². The van der Waals surface area contributed by atoms with Gasteiger partial charge in [0.15, 0.2) is 0 Å². The van der Waals surface area contributed by atoms with Gasteiger partial charge < -0.3 is 5.32 Å². The van der Waals surface area contributed by atoms with Crippen LogP contribution in [0.15, 0.2) is 60.8 Å². The molecule has 3 rings (SSSR count). The van der Waals surface area contributed by atoms with Crippen molar-refractivity contribution in [3.8, 4) is 0 Å². The summed E-state index contributed by atoms with van der Waals surface area (Å²) in [6, 6.07) is 14.9. The molecule has 7 heteroatoms. The van der Waals surface area contributed by atoms with Crippen LogP contribution in [0.5, 0.6) is 0 Å². The lowest BCUT2D eigenvalue weighted by atomic mass is 10.1. The molecule has 1 N–H and O–H groups in total. The zero-order chi connectivity index (χ0) is 19.2. The van der Waals surface area contributed by atoms with E-state index in [0.29, 0.717) is 22.3 Å². The minimum absolute atomic E-state index is 0.244. The van der Waals surface area contributed by atoms with E-state index in [0.717, 1.165) is 11.1 Å². The van der Waals surface area contributed by atoms with Gasteiger partial charge in [-0.1, -0.05) is 64.8 Å². The highest BCUT2D eigenvalue weighted by Gasteiger charge is 2.11. The largest absolute Gasteiger partial charge is 0.346 e. The van der Waals surface area contributed by atoms with E-state index in [4.69, 9.17) is 23.2 Å². The molecule has 2 aromatic carbocycles. The van der Waals surface area contributed by atoms with Crippen molar-refractivity contribution in [1.82, 2.24) is 20.3 Å². The Morgan fingerprint density at radius 2 is 2.00 bits per heavy atom. The van der Waals surface area contributed by atoms with Crippen LogP contribution in [0.2, 0.25) is 10.0 Å². The second-order valence-corrected chi connectivity index (χ2v) is 6.90. The molecule has 138 valence electrons. The third kappa shape index (κ3) is 5.42. The molecule has 0 aliphatic heterocycles. The van der Waals surface area contributed by atoms with E-state index in [1.807, 2.05) is 37.3 Å². The summed E-state index contributed by atoms with van der Waals surface area (Å²) in [6.07, 6.45) is 4.84. The lowest BCUT2D eigenvalue weighted by Gasteiger charge is -2.14. The molecule has 0 aliphatic rings.